The van der Waals surface area contributed by atoms with Crippen LogP contribution >= 0.6 is 0 Å². The largest absolute Gasteiger partial charge is 0.376 e. The number of halogens is 1. The van der Waals surface area contributed by atoms with Crippen molar-refractivity contribution in [2.24, 2.45) is 0 Å². The molecule has 1 aromatic carbocycles. The maximum Gasteiger partial charge on any atom is 0.279 e. The fourth-order valence-corrected chi connectivity index (χ4v) is 2.84. The first kappa shape index (κ1) is 19.1. The highest BCUT2D eigenvalue weighted by atomic mass is 19.1. The molecule has 1 saturated heterocycles. The van der Waals surface area contributed by atoms with Crippen molar-refractivity contribution >= 4 is 17.7 Å². The minimum atomic E-state index is -0.683. The van der Waals surface area contributed by atoms with Gasteiger partial charge in [-0.25, -0.2) is 4.39 Å². The topological polar surface area (TPSA) is 72.7 Å². The monoisotopic (exact) mass is 350 g/mol. The Morgan fingerprint density at radius 1 is 1.48 bits per heavy atom. The van der Waals surface area contributed by atoms with Crippen LogP contribution in [-0.2, 0) is 9.53 Å². The number of nitro benzene ring substituents is 1. The summed E-state index contributed by atoms with van der Waals surface area (Å²) in [4.78, 5) is 24.5. The normalized spacial score (nSPS) is 17.6. The molecule has 25 heavy (non-hydrogen) atoms. The summed E-state index contributed by atoms with van der Waals surface area (Å²) in [6.45, 7) is 3.81. The van der Waals surface area contributed by atoms with E-state index in [0.29, 0.717) is 13.1 Å². The third kappa shape index (κ3) is 5.63. The van der Waals surface area contributed by atoms with Crippen molar-refractivity contribution in [3.8, 4) is 0 Å². The van der Waals surface area contributed by atoms with Crippen molar-refractivity contribution < 1.29 is 18.8 Å². The zero-order valence-corrected chi connectivity index (χ0v) is 14.3. The van der Waals surface area contributed by atoms with Gasteiger partial charge in [0.1, 0.15) is 5.82 Å². The summed E-state index contributed by atoms with van der Waals surface area (Å²) in [5, 5.41) is 11.0. The van der Waals surface area contributed by atoms with E-state index in [2.05, 4.69) is 0 Å². The summed E-state index contributed by atoms with van der Waals surface area (Å²) >= 11 is 0. The quantitative estimate of drug-likeness (QED) is 0.428. The van der Waals surface area contributed by atoms with Crippen LogP contribution in [0, 0.1) is 15.9 Å². The minimum Gasteiger partial charge on any atom is -0.376 e. The molecule has 0 N–H and O–H groups in total. The Morgan fingerprint density at radius 2 is 2.28 bits per heavy atom. The Bertz CT molecular complexity index is 642. The van der Waals surface area contributed by atoms with Crippen molar-refractivity contribution in [1.29, 1.82) is 0 Å². The van der Waals surface area contributed by atoms with E-state index in [1.165, 1.54) is 18.2 Å². The van der Waals surface area contributed by atoms with E-state index in [-0.39, 0.29) is 23.3 Å². The van der Waals surface area contributed by atoms with E-state index < -0.39 is 10.7 Å². The highest BCUT2D eigenvalue weighted by molar-refractivity contribution is 5.92. The van der Waals surface area contributed by atoms with E-state index in [9.17, 15) is 19.3 Å². The maximum absolute atomic E-state index is 13.2. The summed E-state index contributed by atoms with van der Waals surface area (Å²) in [6.07, 6.45) is 6.59. The molecule has 7 heteroatoms. The lowest BCUT2D eigenvalue weighted by atomic mass is 10.1. The second-order valence-corrected chi connectivity index (χ2v) is 6.07. The van der Waals surface area contributed by atoms with Gasteiger partial charge in [0.2, 0.25) is 5.91 Å². The molecule has 6 nitrogen and oxygen atoms in total. The lowest BCUT2D eigenvalue weighted by Gasteiger charge is -2.29. The first-order valence-electron chi connectivity index (χ1n) is 8.53. The fraction of sp³-hybridized carbons (Fsp3) is 0.500. The molecular formula is C18H23FN2O4. The van der Waals surface area contributed by atoms with Crippen LogP contribution in [-0.4, -0.2) is 41.5 Å². The summed E-state index contributed by atoms with van der Waals surface area (Å²) in [6, 6.07) is 3.28. The Labute approximate surface area is 146 Å². The number of amides is 1. The predicted molar refractivity (Wildman–Crippen MR) is 92.6 cm³/mol. The molecule has 1 heterocycles. The fourth-order valence-electron chi connectivity index (χ4n) is 2.84. The molecule has 136 valence electrons. The van der Waals surface area contributed by atoms with E-state index in [4.69, 9.17) is 4.74 Å². The molecule has 0 aromatic heterocycles. The number of carbonyl (C=O) groups excluding carboxylic acids is 1. The molecule has 0 bridgehead atoms. The number of carbonyl (C=O) groups is 1. The van der Waals surface area contributed by atoms with Crippen molar-refractivity contribution in [3.05, 3.63) is 45.8 Å². The molecular weight excluding hydrogens is 327 g/mol. The molecule has 0 radical (unpaired) electrons. The van der Waals surface area contributed by atoms with Crippen molar-refractivity contribution in [2.45, 2.75) is 38.7 Å². The first-order valence-corrected chi connectivity index (χ1v) is 8.53. The number of ether oxygens (including phenoxy) is 1. The number of benzene rings is 1. The Hall–Kier alpha value is -2.28. The number of hydrogen-bond acceptors (Lipinski definition) is 4. The van der Waals surface area contributed by atoms with Crippen molar-refractivity contribution in [2.75, 3.05) is 19.7 Å². The standard InChI is InChI=1S/C18H23FN2O4/c1-2-10-20(13-16-5-3-4-11-25-16)18(22)9-7-14-6-8-15(19)12-17(14)21(23)24/h6-9,12,16H,2-5,10-11,13H2,1H3/b9-7+. The average molecular weight is 350 g/mol. The van der Waals surface area contributed by atoms with E-state index in [1.54, 1.807) is 4.90 Å². The molecule has 0 aliphatic carbocycles. The molecule has 0 saturated carbocycles. The summed E-state index contributed by atoms with van der Waals surface area (Å²) in [7, 11) is 0. The van der Waals surface area contributed by atoms with E-state index >= 15 is 0 Å². The molecule has 0 spiro atoms. The average Bonchev–Trinajstić information content (AvgIpc) is 2.60. The molecule has 1 amide bonds. The van der Waals surface area contributed by atoms with Crippen LogP contribution in [0.5, 0.6) is 0 Å². The van der Waals surface area contributed by atoms with Crippen LogP contribution < -0.4 is 0 Å². The van der Waals surface area contributed by atoms with Gasteiger partial charge in [-0.15, -0.1) is 0 Å². The van der Waals surface area contributed by atoms with Gasteiger partial charge in [-0.05, 0) is 43.9 Å². The highest BCUT2D eigenvalue weighted by Crippen LogP contribution is 2.21. The first-order chi connectivity index (χ1) is 12.0. The lowest BCUT2D eigenvalue weighted by Crippen LogP contribution is -2.39. The maximum atomic E-state index is 13.2. The molecule has 1 atom stereocenters. The zero-order chi connectivity index (χ0) is 18.2. The Morgan fingerprint density at radius 3 is 2.92 bits per heavy atom. The summed E-state index contributed by atoms with van der Waals surface area (Å²) in [5.41, 5.74) is -0.160. The van der Waals surface area contributed by atoms with Crippen molar-refractivity contribution in [3.63, 3.8) is 0 Å². The molecule has 1 aliphatic heterocycles. The van der Waals surface area contributed by atoms with Crippen LogP contribution in [0.4, 0.5) is 10.1 Å². The smallest absolute Gasteiger partial charge is 0.279 e. The Kier molecular flexibility index (Phi) is 7.06. The van der Waals surface area contributed by atoms with Gasteiger partial charge >= 0.3 is 0 Å². The van der Waals surface area contributed by atoms with Crippen LogP contribution in [0.3, 0.4) is 0 Å². The van der Waals surface area contributed by atoms with Crippen LogP contribution in [0.1, 0.15) is 38.2 Å². The molecule has 2 rings (SSSR count). The number of nitrogens with zero attached hydrogens (tertiary/aromatic N) is 2. The second kappa shape index (κ2) is 9.27. The predicted octanol–water partition coefficient (Wildman–Crippen LogP) is 3.55. The van der Waals surface area contributed by atoms with Crippen LogP contribution in [0.2, 0.25) is 0 Å². The molecule has 1 aromatic rings. The Balaban J connectivity index is 2.09. The van der Waals surface area contributed by atoms with E-state index in [0.717, 1.165) is 44.4 Å². The van der Waals surface area contributed by atoms with Crippen LogP contribution in [0.15, 0.2) is 24.3 Å². The summed E-state index contributed by atoms with van der Waals surface area (Å²) in [5.74, 6) is -0.910. The van der Waals surface area contributed by atoms with Crippen LogP contribution in [0.25, 0.3) is 6.08 Å². The number of hydrogen-bond donors (Lipinski definition) is 0. The lowest BCUT2D eigenvalue weighted by molar-refractivity contribution is -0.385. The molecule has 1 unspecified atom stereocenters. The number of rotatable bonds is 7. The van der Waals surface area contributed by atoms with E-state index in [1.807, 2.05) is 6.92 Å². The molecule has 1 aliphatic rings. The van der Waals surface area contributed by atoms with Gasteiger partial charge in [0.15, 0.2) is 0 Å². The van der Waals surface area contributed by atoms with Gasteiger partial charge in [-0.1, -0.05) is 6.92 Å². The van der Waals surface area contributed by atoms with Gasteiger partial charge < -0.3 is 9.64 Å². The minimum absolute atomic E-state index is 0.0396. The van der Waals surface area contributed by atoms with Gasteiger partial charge in [-0.3, -0.25) is 14.9 Å². The second-order valence-electron chi connectivity index (χ2n) is 6.07. The third-order valence-electron chi connectivity index (χ3n) is 4.10. The third-order valence-corrected chi connectivity index (χ3v) is 4.10. The summed E-state index contributed by atoms with van der Waals surface area (Å²) < 4.78 is 18.9. The van der Waals surface area contributed by atoms with Crippen molar-refractivity contribution in [1.82, 2.24) is 4.90 Å². The van der Waals surface area contributed by atoms with Gasteiger partial charge in [0.05, 0.1) is 22.7 Å². The molecule has 1 fully saturated rings. The van der Waals surface area contributed by atoms with Gasteiger partial charge in [0, 0.05) is 25.8 Å². The number of nitro groups is 1. The zero-order valence-electron chi connectivity index (χ0n) is 14.3. The van der Waals surface area contributed by atoms with Gasteiger partial charge in [0.25, 0.3) is 5.69 Å². The van der Waals surface area contributed by atoms with Gasteiger partial charge in [-0.2, -0.15) is 0 Å². The highest BCUT2D eigenvalue weighted by Gasteiger charge is 2.20. The SMILES string of the molecule is CCCN(CC1CCCCO1)C(=O)/C=C/c1ccc(F)cc1[N+](=O)[O-].